The molecule has 0 saturated carbocycles. The molecule has 96 valence electrons. The monoisotopic (exact) mass is 260 g/mol. The van der Waals surface area contributed by atoms with Crippen LogP contribution in [0, 0.1) is 0 Å². The van der Waals surface area contributed by atoms with Gasteiger partial charge in [-0.15, -0.1) is 11.3 Å². The van der Waals surface area contributed by atoms with Crippen molar-refractivity contribution in [1.82, 2.24) is 0 Å². The van der Waals surface area contributed by atoms with Crippen LogP contribution in [0.3, 0.4) is 0 Å². The van der Waals surface area contributed by atoms with Crippen molar-refractivity contribution in [3.63, 3.8) is 0 Å². The predicted molar refractivity (Wildman–Crippen MR) is 64.1 cm³/mol. The average molecular weight is 260 g/mol. The fourth-order valence-electron chi connectivity index (χ4n) is 1.19. The van der Waals surface area contributed by atoms with Gasteiger partial charge in [-0.25, -0.2) is 4.79 Å². The normalized spacial score (nSPS) is 10.4. The Balaban J connectivity index is 2.14. The molecule has 5 nitrogen and oxygen atoms in total. The van der Waals surface area contributed by atoms with Crippen molar-refractivity contribution in [2.45, 2.75) is 6.42 Å². The molecule has 1 rings (SSSR count). The molecule has 1 heterocycles. The van der Waals surface area contributed by atoms with Crippen LogP contribution in [-0.4, -0.2) is 44.6 Å². The highest BCUT2D eigenvalue weighted by Gasteiger charge is 2.12. The molecule has 1 N–H and O–H groups in total. The fraction of sp³-hybridized carbons (Fsp3) is 0.545. The number of carboxylic acids is 1. The minimum atomic E-state index is -0.962. The lowest BCUT2D eigenvalue weighted by Crippen LogP contribution is -2.09. The number of carboxylic acid groups (broad SMARTS) is 1. The summed E-state index contributed by atoms with van der Waals surface area (Å²) in [4.78, 5) is 11.0. The maximum absolute atomic E-state index is 10.8. The molecule has 0 atom stereocenters. The van der Waals surface area contributed by atoms with Crippen LogP contribution >= 0.6 is 11.3 Å². The minimum absolute atomic E-state index is 0.226. The van der Waals surface area contributed by atoms with Crippen molar-refractivity contribution in [2.24, 2.45) is 0 Å². The second-order valence-corrected chi connectivity index (χ2v) is 4.14. The average Bonchev–Trinajstić information content (AvgIpc) is 2.76. The molecule has 17 heavy (non-hydrogen) atoms. The van der Waals surface area contributed by atoms with Gasteiger partial charge in [0.2, 0.25) is 0 Å². The van der Waals surface area contributed by atoms with Gasteiger partial charge in [0.05, 0.1) is 6.61 Å². The largest absolute Gasteiger partial charge is 0.489 e. The second-order valence-electron chi connectivity index (χ2n) is 3.23. The molecule has 1 aromatic rings. The first-order valence-corrected chi connectivity index (χ1v) is 6.14. The first kappa shape index (κ1) is 14.0. The van der Waals surface area contributed by atoms with Crippen LogP contribution in [0.25, 0.3) is 0 Å². The number of rotatable bonds is 9. The first-order valence-electron chi connectivity index (χ1n) is 5.26. The van der Waals surface area contributed by atoms with Crippen LogP contribution in [0.5, 0.6) is 5.75 Å². The zero-order chi connectivity index (χ0) is 12.5. The SMILES string of the molecule is COCCCOCCOc1ccsc1C(=O)O. The molecule has 0 bridgehead atoms. The Labute approximate surface area is 104 Å². The van der Waals surface area contributed by atoms with Gasteiger partial charge in [0.15, 0.2) is 4.88 Å². The summed E-state index contributed by atoms with van der Waals surface area (Å²) in [6.45, 7) is 2.09. The summed E-state index contributed by atoms with van der Waals surface area (Å²) in [6.07, 6.45) is 0.843. The Morgan fingerprint density at radius 1 is 1.35 bits per heavy atom. The van der Waals surface area contributed by atoms with E-state index in [1.54, 1.807) is 18.6 Å². The van der Waals surface area contributed by atoms with E-state index in [0.717, 1.165) is 17.8 Å². The molecule has 6 heteroatoms. The summed E-state index contributed by atoms with van der Waals surface area (Å²) in [7, 11) is 1.65. The molecular formula is C11H16O5S. The summed E-state index contributed by atoms with van der Waals surface area (Å²) in [5.41, 5.74) is 0. The van der Waals surface area contributed by atoms with Crippen molar-refractivity contribution < 1.29 is 24.1 Å². The van der Waals surface area contributed by atoms with Crippen LogP contribution in [0.4, 0.5) is 0 Å². The van der Waals surface area contributed by atoms with E-state index >= 15 is 0 Å². The molecule has 0 aromatic carbocycles. The van der Waals surface area contributed by atoms with Crippen molar-refractivity contribution in [3.05, 3.63) is 16.3 Å². The Bertz CT molecular complexity index is 336. The number of carbonyl (C=O) groups is 1. The molecule has 0 aliphatic rings. The lowest BCUT2D eigenvalue weighted by molar-refractivity contribution is 0.0683. The quantitative estimate of drug-likeness (QED) is 0.687. The van der Waals surface area contributed by atoms with Gasteiger partial charge in [0.1, 0.15) is 12.4 Å². The predicted octanol–water partition coefficient (Wildman–Crippen LogP) is 1.88. The standard InChI is InChI=1S/C11H16O5S/c1-14-4-2-5-15-6-7-16-9-3-8-17-10(9)11(12)13/h3,8H,2,4-7H2,1H3,(H,12,13). The number of ether oxygens (including phenoxy) is 3. The Morgan fingerprint density at radius 3 is 2.88 bits per heavy atom. The minimum Gasteiger partial charge on any atom is -0.489 e. The summed E-state index contributed by atoms with van der Waals surface area (Å²) in [6, 6.07) is 1.65. The summed E-state index contributed by atoms with van der Waals surface area (Å²) in [5.74, 6) is -0.556. The zero-order valence-electron chi connectivity index (χ0n) is 9.68. The third-order valence-electron chi connectivity index (χ3n) is 1.95. The van der Waals surface area contributed by atoms with Gasteiger partial charge in [-0.2, -0.15) is 0 Å². The molecule has 0 saturated heterocycles. The lowest BCUT2D eigenvalue weighted by atomic mass is 10.4. The van der Waals surface area contributed by atoms with E-state index < -0.39 is 5.97 Å². The maximum atomic E-state index is 10.8. The van der Waals surface area contributed by atoms with E-state index in [1.807, 2.05) is 0 Å². The van der Waals surface area contributed by atoms with Gasteiger partial charge in [0.25, 0.3) is 0 Å². The van der Waals surface area contributed by atoms with E-state index in [1.165, 1.54) is 0 Å². The van der Waals surface area contributed by atoms with Gasteiger partial charge >= 0.3 is 5.97 Å². The molecule has 0 aliphatic carbocycles. The van der Waals surface area contributed by atoms with E-state index in [-0.39, 0.29) is 4.88 Å². The molecule has 0 unspecified atom stereocenters. The highest BCUT2D eigenvalue weighted by molar-refractivity contribution is 7.12. The Morgan fingerprint density at radius 2 is 2.18 bits per heavy atom. The number of hydrogen-bond donors (Lipinski definition) is 1. The Kier molecular flexibility index (Phi) is 6.61. The van der Waals surface area contributed by atoms with Gasteiger partial charge < -0.3 is 19.3 Å². The summed E-state index contributed by atoms with van der Waals surface area (Å²) >= 11 is 1.15. The van der Waals surface area contributed by atoms with Crippen LogP contribution in [0.1, 0.15) is 16.1 Å². The summed E-state index contributed by atoms with van der Waals surface area (Å²) in [5, 5.41) is 10.5. The van der Waals surface area contributed by atoms with Gasteiger partial charge in [-0.1, -0.05) is 0 Å². The molecule has 1 aromatic heterocycles. The first-order chi connectivity index (χ1) is 8.25. The van der Waals surface area contributed by atoms with E-state index in [0.29, 0.717) is 32.2 Å². The van der Waals surface area contributed by atoms with E-state index in [2.05, 4.69) is 0 Å². The van der Waals surface area contributed by atoms with Gasteiger partial charge in [0, 0.05) is 20.3 Å². The smallest absolute Gasteiger partial charge is 0.349 e. The van der Waals surface area contributed by atoms with Gasteiger partial charge in [-0.3, -0.25) is 0 Å². The molecule has 0 aliphatic heterocycles. The number of aromatic carboxylic acids is 1. The third kappa shape index (κ3) is 5.16. The van der Waals surface area contributed by atoms with Gasteiger partial charge in [-0.05, 0) is 17.9 Å². The molecule has 0 amide bonds. The lowest BCUT2D eigenvalue weighted by Gasteiger charge is -2.06. The van der Waals surface area contributed by atoms with Crippen LogP contribution in [0.15, 0.2) is 11.4 Å². The zero-order valence-corrected chi connectivity index (χ0v) is 10.5. The molecule has 0 radical (unpaired) electrons. The van der Waals surface area contributed by atoms with Crippen LogP contribution in [0.2, 0.25) is 0 Å². The van der Waals surface area contributed by atoms with E-state index in [9.17, 15) is 4.79 Å². The fourth-order valence-corrected chi connectivity index (χ4v) is 1.86. The van der Waals surface area contributed by atoms with Crippen molar-refractivity contribution in [2.75, 3.05) is 33.5 Å². The van der Waals surface area contributed by atoms with Crippen LogP contribution in [-0.2, 0) is 9.47 Å². The number of hydrogen-bond acceptors (Lipinski definition) is 5. The second kappa shape index (κ2) is 8.05. The number of thiophene rings is 1. The molecule has 0 fully saturated rings. The van der Waals surface area contributed by atoms with Crippen molar-refractivity contribution >= 4 is 17.3 Å². The van der Waals surface area contributed by atoms with Crippen molar-refractivity contribution in [1.29, 1.82) is 0 Å². The molecule has 0 spiro atoms. The Hall–Kier alpha value is -1.11. The summed E-state index contributed by atoms with van der Waals surface area (Å²) < 4.78 is 15.5. The highest BCUT2D eigenvalue weighted by Crippen LogP contribution is 2.24. The maximum Gasteiger partial charge on any atom is 0.349 e. The van der Waals surface area contributed by atoms with Crippen LogP contribution < -0.4 is 4.74 Å². The van der Waals surface area contributed by atoms with Crippen molar-refractivity contribution in [3.8, 4) is 5.75 Å². The number of methoxy groups -OCH3 is 1. The molecular weight excluding hydrogens is 244 g/mol. The topological polar surface area (TPSA) is 65.0 Å². The highest BCUT2D eigenvalue weighted by atomic mass is 32.1. The van der Waals surface area contributed by atoms with E-state index in [4.69, 9.17) is 19.3 Å². The third-order valence-corrected chi connectivity index (χ3v) is 2.83.